The van der Waals surface area contributed by atoms with E-state index in [1.54, 1.807) is 0 Å². The molecule has 0 rings (SSSR count). The first-order valence-electron chi connectivity index (χ1n) is 3.36. The van der Waals surface area contributed by atoms with Crippen molar-refractivity contribution >= 4 is 0 Å². The molecule has 1 atom stereocenters. The van der Waals surface area contributed by atoms with E-state index in [1.807, 2.05) is 0 Å². The summed E-state index contributed by atoms with van der Waals surface area (Å²) in [6, 6.07) is 0. The summed E-state index contributed by atoms with van der Waals surface area (Å²) in [6.07, 6.45) is 1.93. The average Bonchev–Trinajstić information content (AvgIpc) is 1.89. The fraction of sp³-hybridized carbons (Fsp3) is 0.857. The summed E-state index contributed by atoms with van der Waals surface area (Å²) in [7, 11) is 0. The highest BCUT2D eigenvalue weighted by atomic mass is 16.5. The molecule has 0 aliphatic rings. The molecule has 0 saturated heterocycles. The average molecular weight is 131 g/mol. The summed E-state index contributed by atoms with van der Waals surface area (Å²) in [4.78, 5) is 0. The first-order chi connectivity index (χ1) is 4.31. The molecule has 0 amide bonds. The predicted molar refractivity (Wildman–Crippen MR) is 37.1 cm³/mol. The summed E-state index contributed by atoms with van der Waals surface area (Å²) in [5, 5.41) is 8.45. The number of hydrogen-bond donors (Lipinski definition) is 1. The fourth-order valence-electron chi connectivity index (χ4n) is 0.447. The molecule has 0 fully saturated rings. The molecule has 0 saturated carbocycles. The molecule has 1 N–H and O–H groups in total. The second-order valence-electron chi connectivity index (χ2n) is 2.03. The van der Waals surface area contributed by atoms with Gasteiger partial charge in [0.15, 0.2) is 0 Å². The van der Waals surface area contributed by atoms with Crippen LogP contribution in [0.3, 0.4) is 0 Å². The Labute approximate surface area is 56.8 Å². The van der Waals surface area contributed by atoms with Crippen LogP contribution in [0.1, 0.15) is 19.8 Å². The molecule has 55 valence electrons. The lowest BCUT2D eigenvalue weighted by atomic mass is 10.3. The maximum atomic E-state index is 8.45. The largest absolute Gasteiger partial charge is 0.394 e. The van der Waals surface area contributed by atoms with Crippen molar-refractivity contribution in [3.05, 3.63) is 6.92 Å². The quantitative estimate of drug-likeness (QED) is 0.564. The monoisotopic (exact) mass is 131 g/mol. The molecule has 0 aliphatic heterocycles. The maximum absolute atomic E-state index is 8.45. The Hall–Kier alpha value is -0.0800. The van der Waals surface area contributed by atoms with E-state index >= 15 is 0 Å². The van der Waals surface area contributed by atoms with Gasteiger partial charge in [-0.25, -0.2) is 0 Å². The van der Waals surface area contributed by atoms with Crippen molar-refractivity contribution < 1.29 is 9.84 Å². The minimum Gasteiger partial charge on any atom is -0.394 e. The SMILES string of the molecule is [CH2]C(CO)OCCCC. The van der Waals surface area contributed by atoms with Crippen LogP contribution in [-0.2, 0) is 4.74 Å². The molecule has 0 spiro atoms. The highest BCUT2D eigenvalue weighted by Gasteiger charge is 1.96. The lowest BCUT2D eigenvalue weighted by Crippen LogP contribution is -2.13. The molecule has 9 heavy (non-hydrogen) atoms. The van der Waals surface area contributed by atoms with Gasteiger partial charge in [0, 0.05) is 6.61 Å². The normalized spacial score (nSPS) is 13.7. The third kappa shape index (κ3) is 5.80. The van der Waals surface area contributed by atoms with Gasteiger partial charge in [-0.05, 0) is 13.3 Å². The summed E-state index contributed by atoms with van der Waals surface area (Å²) in [6.45, 7) is 6.38. The molecule has 0 bridgehead atoms. The van der Waals surface area contributed by atoms with Crippen molar-refractivity contribution in [2.45, 2.75) is 25.9 Å². The minimum absolute atomic E-state index is 0.0176. The van der Waals surface area contributed by atoms with Crippen LogP contribution < -0.4 is 0 Å². The van der Waals surface area contributed by atoms with Gasteiger partial charge in [0.25, 0.3) is 0 Å². The van der Waals surface area contributed by atoms with Gasteiger partial charge in [-0.3, -0.25) is 0 Å². The molecule has 2 heteroatoms. The van der Waals surface area contributed by atoms with E-state index in [9.17, 15) is 0 Å². The molecule has 1 radical (unpaired) electrons. The molecule has 0 heterocycles. The van der Waals surface area contributed by atoms with Gasteiger partial charge in [0.1, 0.15) is 0 Å². The van der Waals surface area contributed by atoms with Gasteiger partial charge in [-0.1, -0.05) is 13.3 Å². The van der Waals surface area contributed by atoms with Crippen LogP contribution in [0.25, 0.3) is 0 Å². The van der Waals surface area contributed by atoms with E-state index in [0.29, 0.717) is 6.61 Å². The van der Waals surface area contributed by atoms with Crippen LogP contribution in [0, 0.1) is 6.92 Å². The van der Waals surface area contributed by atoms with E-state index in [4.69, 9.17) is 9.84 Å². The lowest BCUT2D eigenvalue weighted by Gasteiger charge is -2.07. The van der Waals surface area contributed by atoms with Crippen LogP contribution in [0.15, 0.2) is 0 Å². The van der Waals surface area contributed by atoms with E-state index in [-0.39, 0.29) is 12.7 Å². The third-order valence-electron chi connectivity index (χ3n) is 1.06. The second-order valence-corrected chi connectivity index (χ2v) is 2.03. The summed E-state index contributed by atoms with van der Waals surface area (Å²) < 4.78 is 5.07. The van der Waals surface area contributed by atoms with Crippen LogP contribution in [0.2, 0.25) is 0 Å². The van der Waals surface area contributed by atoms with Crippen LogP contribution in [-0.4, -0.2) is 24.4 Å². The topological polar surface area (TPSA) is 29.5 Å². The Morgan fingerprint density at radius 3 is 2.78 bits per heavy atom. The molecule has 0 aliphatic carbocycles. The highest BCUT2D eigenvalue weighted by molar-refractivity contribution is 4.55. The Balaban J connectivity index is 2.88. The predicted octanol–water partition coefficient (Wildman–Crippen LogP) is 0.998. The van der Waals surface area contributed by atoms with Gasteiger partial charge < -0.3 is 9.84 Å². The van der Waals surface area contributed by atoms with Gasteiger partial charge in [-0.15, -0.1) is 0 Å². The zero-order valence-corrected chi connectivity index (χ0v) is 5.97. The minimum atomic E-state index is -0.239. The van der Waals surface area contributed by atoms with Gasteiger partial charge in [-0.2, -0.15) is 0 Å². The number of ether oxygens (including phenoxy) is 1. The fourth-order valence-corrected chi connectivity index (χ4v) is 0.447. The summed E-state index contributed by atoms with van der Waals surface area (Å²) >= 11 is 0. The van der Waals surface area contributed by atoms with Gasteiger partial charge >= 0.3 is 0 Å². The zero-order valence-electron chi connectivity index (χ0n) is 5.97. The molecule has 1 unspecified atom stereocenters. The molecule has 0 aromatic carbocycles. The third-order valence-corrected chi connectivity index (χ3v) is 1.06. The molecular weight excluding hydrogens is 116 g/mol. The summed E-state index contributed by atoms with van der Waals surface area (Å²) in [5.41, 5.74) is 0. The van der Waals surface area contributed by atoms with Crippen molar-refractivity contribution in [3.63, 3.8) is 0 Å². The Kier molecular flexibility index (Phi) is 5.99. The van der Waals surface area contributed by atoms with E-state index < -0.39 is 0 Å². The number of aliphatic hydroxyl groups excluding tert-OH is 1. The number of rotatable bonds is 5. The van der Waals surface area contributed by atoms with Gasteiger partial charge in [0.05, 0.1) is 12.7 Å². The van der Waals surface area contributed by atoms with Crippen molar-refractivity contribution in [1.82, 2.24) is 0 Å². The smallest absolute Gasteiger partial charge is 0.0806 e. The molecule has 0 aromatic rings. The van der Waals surface area contributed by atoms with Crippen LogP contribution in [0.4, 0.5) is 0 Å². The van der Waals surface area contributed by atoms with Crippen LogP contribution >= 0.6 is 0 Å². The maximum Gasteiger partial charge on any atom is 0.0806 e. The van der Waals surface area contributed by atoms with E-state index in [0.717, 1.165) is 12.8 Å². The van der Waals surface area contributed by atoms with Gasteiger partial charge in [0.2, 0.25) is 0 Å². The van der Waals surface area contributed by atoms with Crippen molar-refractivity contribution in [2.24, 2.45) is 0 Å². The molecular formula is C7H15O2. The van der Waals surface area contributed by atoms with Crippen LogP contribution in [0.5, 0.6) is 0 Å². The standard InChI is InChI=1S/C7H15O2/c1-3-4-5-9-7(2)6-8/h7-8H,2-6H2,1H3. The van der Waals surface area contributed by atoms with Crippen molar-refractivity contribution in [1.29, 1.82) is 0 Å². The zero-order chi connectivity index (χ0) is 7.11. The Bertz CT molecular complexity index is 54.9. The number of unbranched alkanes of at least 4 members (excludes halogenated alkanes) is 1. The number of aliphatic hydroxyl groups is 1. The lowest BCUT2D eigenvalue weighted by molar-refractivity contribution is 0.0396. The first-order valence-corrected chi connectivity index (χ1v) is 3.36. The van der Waals surface area contributed by atoms with E-state index in [2.05, 4.69) is 13.8 Å². The van der Waals surface area contributed by atoms with Crippen molar-refractivity contribution in [3.8, 4) is 0 Å². The first kappa shape index (κ1) is 8.92. The highest BCUT2D eigenvalue weighted by Crippen LogP contribution is 1.92. The number of hydrogen-bond acceptors (Lipinski definition) is 2. The summed E-state index contributed by atoms with van der Waals surface area (Å²) in [5.74, 6) is 0. The molecule has 0 aromatic heterocycles. The van der Waals surface area contributed by atoms with E-state index in [1.165, 1.54) is 0 Å². The Morgan fingerprint density at radius 2 is 2.33 bits per heavy atom. The Morgan fingerprint density at radius 1 is 1.67 bits per heavy atom. The van der Waals surface area contributed by atoms with Crippen molar-refractivity contribution in [2.75, 3.05) is 13.2 Å². The second kappa shape index (κ2) is 6.05. The molecule has 2 nitrogen and oxygen atoms in total.